The maximum absolute atomic E-state index is 11.3. The second-order valence-corrected chi connectivity index (χ2v) is 23.1. The first-order chi connectivity index (χ1) is 28.5. The molecule has 15 heteroatoms. The Morgan fingerprint density at radius 3 is 1.48 bits per heavy atom. The number of fused-ring (bicyclic) bond motifs is 12. The number of carbonyl (C=O) groups excluding carboxylic acids is 5. The Morgan fingerprint density at radius 1 is 0.500 bits per heavy atom. The van der Waals surface area contributed by atoms with Crippen molar-refractivity contribution in [3.63, 3.8) is 0 Å². The van der Waals surface area contributed by atoms with Crippen molar-refractivity contribution in [2.75, 3.05) is 64.8 Å². The Kier molecular flexibility index (Phi) is 17.0. The highest BCUT2D eigenvalue weighted by atomic mass is 32.2. The van der Waals surface area contributed by atoms with Crippen molar-refractivity contribution < 1.29 is 24.0 Å². The van der Waals surface area contributed by atoms with Gasteiger partial charge < -0.3 is 5.32 Å². The lowest BCUT2D eigenvalue weighted by atomic mass is 9.88. The van der Waals surface area contributed by atoms with E-state index in [1.54, 1.807) is 34.6 Å². The number of nitrogens with one attached hydrogen (secondary N) is 1. The molecule has 0 aromatic heterocycles. The minimum atomic E-state index is 0.0498. The molecule has 9 fully saturated rings. The number of likely N-dealkylation sites (N-methyl/N-ethyl adjacent to an activating group) is 5. The molecule has 0 spiro atoms. The van der Waals surface area contributed by atoms with Crippen LogP contribution < -0.4 is 5.32 Å². The van der Waals surface area contributed by atoms with Crippen molar-refractivity contribution >= 4 is 76.0 Å². The van der Waals surface area contributed by atoms with Crippen molar-refractivity contribution in [2.45, 2.75) is 136 Å². The molecular weight excluding hydrogens is 833 g/mol. The Balaban J connectivity index is 0.000000126. The zero-order valence-corrected chi connectivity index (χ0v) is 40.7. The van der Waals surface area contributed by atoms with E-state index in [1.165, 1.54) is 37.2 Å². The SMILES string of the molecule is CC(=O)C1C2C=CC(CN2)N1C.CC(=O)C1C2C=CC(CS2)N1C.CC(=O)C1C2C=CC(SC2)N1C.CC(=O)C1C2CCC(CS2)N1C.CC(=O)C1C2CCC(SC2)N1C. The summed E-state index contributed by atoms with van der Waals surface area (Å²) in [6, 6.07) is 2.53. The van der Waals surface area contributed by atoms with Gasteiger partial charge in [-0.05, 0) is 107 Å². The quantitative estimate of drug-likeness (QED) is 0.395. The highest BCUT2D eigenvalue weighted by Gasteiger charge is 2.44. The maximum Gasteiger partial charge on any atom is 0.148 e. The van der Waals surface area contributed by atoms with E-state index >= 15 is 0 Å². The van der Waals surface area contributed by atoms with Crippen LogP contribution in [0, 0.1) is 11.8 Å². The highest BCUT2D eigenvalue weighted by Crippen LogP contribution is 2.42. The molecule has 15 heterocycles. The monoisotopic (exact) mass is 902 g/mol. The van der Waals surface area contributed by atoms with E-state index in [9.17, 15) is 24.0 Å². The fourth-order valence-electron chi connectivity index (χ4n) is 11.0. The fraction of sp³-hybridized carbons (Fsp3) is 0.756. The van der Waals surface area contributed by atoms with Gasteiger partial charge in [0.05, 0.1) is 41.0 Å². The number of carbonyl (C=O) groups is 5. The molecule has 0 aromatic carbocycles. The normalized spacial score (nSPS) is 40.9. The van der Waals surface area contributed by atoms with Crippen molar-refractivity contribution in [2.24, 2.45) is 11.8 Å². The molecule has 15 unspecified atom stereocenters. The minimum absolute atomic E-state index is 0.0498. The first kappa shape index (κ1) is 48.2. The molecule has 0 aliphatic carbocycles. The summed E-state index contributed by atoms with van der Waals surface area (Å²) in [4.78, 5) is 67.7. The predicted molar refractivity (Wildman–Crippen MR) is 252 cm³/mol. The number of piperidine rings is 2. The molecule has 334 valence electrons. The summed E-state index contributed by atoms with van der Waals surface area (Å²) >= 11 is 7.84. The number of hydrogen-bond donors (Lipinski definition) is 1. The molecule has 10 bridgehead atoms. The lowest BCUT2D eigenvalue weighted by molar-refractivity contribution is -0.125. The van der Waals surface area contributed by atoms with Crippen LogP contribution in [-0.4, -0.2) is 194 Å². The van der Waals surface area contributed by atoms with Crippen LogP contribution in [0.1, 0.15) is 60.3 Å². The molecule has 60 heavy (non-hydrogen) atoms. The second-order valence-electron chi connectivity index (χ2n) is 18.2. The van der Waals surface area contributed by atoms with E-state index in [2.05, 4.69) is 80.4 Å². The van der Waals surface area contributed by atoms with Crippen molar-refractivity contribution in [1.82, 2.24) is 29.8 Å². The number of thioether (sulfide) groups is 4. The van der Waals surface area contributed by atoms with Gasteiger partial charge in [-0.15, -0.1) is 23.5 Å². The fourth-order valence-corrected chi connectivity index (χ4v) is 17.0. The molecule has 0 amide bonds. The summed E-state index contributed by atoms with van der Waals surface area (Å²) in [6.07, 6.45) is 18.2. The first-order valence-electron chi connectivity index (χ1n) is 21.9. The van der Waals surface area contributed by atoms with Crippen LogP contribution in [0.5, 0.6) is 0 Å². The maximum atomic E-state index is 11.3. The smallest absolute Gasteiger partial charge is 0.148 e. The summed E-state index contributed by atoms with van der Waals surface area (Å²) in [7, 11) is 10.3. The van der Waals surface area contributed by atoms with Crippen molar-refractivity contribution in [3.8, 4) is 0 Å². The lowest BCUT2D eigenvalue weighted by Crippen LogP contribution is -2.65. The van der Waals surface area contributed by atoms with Crippen LogP contribution in [0.25, 0.3) is 0 Å². The van der Waals surface area contributed by atoms with Crippen molar-refractivity contribution in [3.05, 3.63) is 36.5 Å². The van der Waals surface area contributed by atoms with E-state index in [-0.39, 0.29) is 42.0 Å². The molecule has 0 aromatic rings. The molecule has 15 aliphatic rings. The Labute approximate surface area is 376 Å². The second kappa shape index (κ2) is 21.1. The number of ketones is 5. The van der Waals surface area contributed by atoms with Crippen LogP contribution in [0.2, 0.25) is 0 Å². The van der Waals surface area contributed by atoms with Gasteiger partial charge in [0.1, 0.15) is 28.9 Å². The molecule has 15 aliphatic heterocycles. The Hall–Kier alpha value is -1.27. The van der Waals surface area contributed by atoms with Gasteiger partial charge in [0.25, 0.3) is 0 Å². The summed E-state index contributed by atoms with van der Waals surface area (Å²) in [5.41, 5.74) is 0. The molecule has 0 saturated carbocycles. The van der Waals surface area contributed by atoms with E-state index in [1.807, 2.05) is 68.2 Å². The van der Waals surface area contributed by atoms with Crippen LogP contribution in [0.3, 0.4) is 0 Å². The van der Waals surface area contributed by atoms with E-state index in [0.29, 0.717) is 74.3 Å². The standard InChI is InChI=1S/C9H14N2O.C9H15NOS.C9H13NOS.C9H15NOS.C9H13NOS/c1-6(12)9-8-4-3-7(5-10-8)11(9)2;2*1-6(11)9-8-4-3-7(5-12-8)10(9)2;2*1-6(11)9-7-3-4-8(10(9)2)12-5-7/h3-4,7-10H,5H2,1-2H3;7-9H,3-5H2,1-2H3;3-4,7-9H,5H2,1-2H3;7-9H,3-5H2,1-2H3;3-4,7-9H,5H2,1-2H3. The summed E-state index contributed by atoms with van der Waals surface area (Å²) in [6.45, 7) is 9.48. The zero-order chi connectivity index (χ0) is 43.6. The van der Waals surface area contributed by atoms with Gasteiger partial charge >= 0.3 is 0 Å². The third-order valence-corrected chi connectivity index (χ3v) is 20.1. The largest absolute Gasteiger partial charge is 0.307 e. The third kappa shape index (κ3) is 10.6. The number of rotatable bonds is 5. The van der Waals surface area contributed by atoms with Gasteiger partial charge in [-0.1, -0.05) is 36.5 Å². The molecule has 11 nitrogen and oxygen atoms in total. The number of hydrogen-bond acceptors (Lipinski definition) is 15. The van der Waals surface area contributed by atoms with E-state index in [0.717, 1.165) is 18.1 Å². The molecule has 0 radical (unpaired) electrons. The lowest BCUT2D eigenvalue weighted by Gasteiger charge is -2.48. The average Bonchev–Trinajstić information content (AvgIpc) is 3.23. The third-order valence-electron chi connectivity index (χ3n) is 14.3. The topological polar surface area (TPSA) is 114 Å². The van der Waals surface area contributed by atoms with Crippen LogP contribution >= 0.6 is 47.0 Å². The number of nitrogens with zero attached hydrogens (tertiary/aromatic N) is 5. The van der Waals surface area contributed by atoms with Crippen LogP contribution in [0.4, 0.5) is 0 Å². The first-order valence-corrected chi connectivity index (χ1v) is 26.1. The van der Waals surface area contributed by atoms with Gasteiger partial charge in [0.2, 0.25) is 0 Å². The van der Waals surface area contributed by atoms with Crippen LogP contribution in [-0.2, 0) is 24.0 Å². The molecule has 9 saturated heterocycles. The van der Waals surface area contributed by atoms with Crippen molar-refractivity contribution in [1.29, 1.82) is 0 Å². The average molecular weight is 903 g/mol. The highest BCUT2D eigenvalue weighted by molar-refractivity contribution is 8.00. The number of piperazine rings is 1. The number of Topliss-reactive ketones (excluding diaryl/α,β-unsaturated/α-hetero) is 5. The summed E-state index contributed by atoms with van der Waals surface area (Å²) in [5.74, 6) is 7.30. The van der Waals surface area contributed by atoms with Gasteiger partial charge in [-0.2, -0.15) is 23.5 Å². The summed E-state index contributed by atoms with van der Waals surface area (Å²) < 4.78 is 0. The van der Waals surface area contributed by atoms with Crippen LogP contribution in [0.15, 0.2) is 36.5 Å². The predicted octanol–water partition coefficient (Wildman–Crippen LogP) is 4.36. The minimum Gasteiger partial charge on any atom is -0.307 e. The molecule has 1 N–H and O–H groups in total. The molecule has 15 rings (SSSR count). The Morgan fingerprint density at radius 2 is 1.15 bits per heavy atom. The molecule has 15 atom stereocenters. The van der Waals surface area contributed by atoms with Gasteiger partial charge in [-0.3, -0.25) is 48.5 Å². The van der Waals surface area contributed by atoms with E-state index in [4.69, 9.17) is 0 Å². The van der Waals surface area contributed by atoms with E-state index < -0.39 is 0 Å². The molecular formula is C45H70N6O5S4. The van der Waals surface area contributed by atoms with Gasteiger partial charge in [0, 0.05) is 64.4 Å². The summed E-state index contributed by atoms with van der Waals surface area (Å²) in [5, 5.41) is 5.36. The zero-order valence-electron chi connectivity index (χ0n) is 37.4. The Bertz CT molecular complexity index is 1500. The van der Waals surface area contributed by atoms with Gasteiger partial charge in [-0.25, -0.2) is 0 Å². The van der Waals surface area contributed by atoms with Gasteiger partial charge in [0.15, 0.2) is 0 Å².